The molecule has 0 atom stereocenters. The highest BCUT2D eigenvalue weighted by Crippen LogP contribution is 2.30. The van der Waals surface area contributed by atoms with Crippen molar-refractivity contribution in [3.8, 4) is 11.5 Å². The molecule has 29 heavy (non-hydrogen) atoms. The summed E-state index contributed by atoms with van der Waals surface area (Å²) in [6.07, 6.45) is 1.52. The van der Waals surface area contributed by atoms with E-state index in [9.17, 15) is 9.18 Å². The number of halogens is 1. The smallest absolute Gasteiger partial charge is 0.270 e. The number of nitrogens with zero attached hydrogens (tertiary/aromatic N) is 3. The highest BCUT2D eigenvalue weighted by atomic mass is 19.1. The number of piperidine rings is 1. The largest absolute Gasteiger partial charge is 0.420 e. The summed E-state index contributed by atoms with van der Waals surface area (Å²) >= 11 is 0. The number of nitrogens with one attached hydrogen (secondary N) is 1. The van der Waals surface area contributed by atoms with Crippen LogP contribution >= 0.6 is 0 Å². The van der Waals surface area contributed by atoms with Crippen molar-refractivity contribution in [3.05, 3.63) is 72.0 Å². The Balaban J connectivity index is 1.25. The van der Waals surface area contributed by atoms with Gasteiger partial charge in [0.25, 0.3) is 5.91 Å². The van der Waals surface area contributed by atoms with E-state index in [-0.39, 0.29) is 17.6 Å². The van der Waals surface area contributed by atoms with Gasteiger partial charge in [-0.1, -0.05) is 18.2 Å². The zero-order valence-electron chi connectivity index (χ0n) is 15.6. The number of rotatable bonds is 3. The van der Waals surface area contributed by atoms with Crippen molar-refractivity contribution < 1.29 is 13.6 Å². The van der Waals surface area contributed by atoms with Crippen LogP contribution in [0.1, 0.15) is 35.1 Å². The van der Waals surface area contributed by atoms with Gasteiger partial charge in [0.2, 0.25) is 11.8 Å². The normalized spacial score (nSPS) is 15.1. The zero-order valence-corrected chi connectivity index (χ0v) is 15.6. The topological polar surface area (TPSA) is 75.0 Å². The van der Waals surface area contributed by atoms with Crippen molar-refractivity contribution in [2.24, 2.45) is 0 Å². The minimum atomic E-state index is -0.305. The summed E-state index contributed by atoms with van der Waals surface area (Å²) in [5.41, 5.74) is 2.27. The van der Waals surface area contributed by atoms with E-state index in [1.165, 1.54) is 12.1 Å². The molecular formula is C22H19FN4O2. The number of aromatic amines is 1. The van der Waals surface area contributed by atoms with Gasteiger partial charge in [0, 0.05) is 35.5 Å². The summed E-state index contributed by atoms with van der Waals surface area (Å²) in [7, 11) is 0. The Morgan fingerprint density at radius 1 is 1.07 bits per heavy atom. The molecule has 1 amide bonds. The summed E-state index contributed by atoms with van der Waals surface area (Å²) in [5.74, 6) is 0.778. The highest BCUT2D eigenvalue weighted by Gasteiger charge is 2.28. The Hall–Kier alpha value is -3.48. The van der Waals surface area contributed by atoms with Crippen molar-refractivity contribution in [2.75, 3.05) is 13.1 Å². The Kier molecular flexibility index (Phi) is 4.35. The number of aromatic nitrogens is 3. The number of amides is 1. The van der Waals surface area contributed by atoms with Gasteiger partial charge in [0.05, 0.1) is 0 Å². The number of hydrogen-bond donors (Lipinski definition) is 1. The Bertz CT molecular complexity index is 1120. The second-order valence-corrected chi connectivity index (χ2v) is 7.29. The third kappa shape index (κ3) is 3.40. The van der Waals surface area contributed by atoms with Crippen LogP contribution in [0, 0.1) is 5.82 Å². The van der Waals surface area contributed by atoms with Crippen LogP contribution in [0.5, 0.6) is 0 Å². The number of carbonyl (C=O) groups is 1. The molecule has 1 saturated heterocycles. The number of benzene rings is 2. The summed E-state index contributed by atoms with van der Waals surface area (Å²) in [4.78, 5) is 17.9. The first-order valence-corrected chi connectivity index (χ1v) is 9.64. The number of hydrogen-bond acceptors (Lipinski definition) is 4. The molecule has 0 unspecified atom stereocenters. The van der Waals surface area contributed by atoms with Crippen LogP contribution in [-0.2, 0) is 0 Å². The fraction of sp³-hybridized carbons (Fsp3) is 0.227. The molecule has 6 nitrogen and oxygen atoms in total. The average Bonchev–Trinajstić information content (AvgIpc) is 3.41. The van der Waals surface area contributed by atoms with Crippen LogP contribution < -0.4 is 0 Å². The van der Waals surface area contributed by atoms with Crippen molar-refractivity contribution in [1.82, 2.24) is 20.1 Å². The molecule has 7 heteroatoms. The van der Waals surface area contributed by atoms with E-state index in [0.717, 1.165) is 23.7 Å². The van der Waals surface area contributed by atoms with Gasteiger partial charge < -0.3 is 14.3 Å². The van der Waals surface area contributed by atoms with E-state index in [2.05, 4.69) is 15.2 Å². The fourth-order valence-corrected chi connectivity index (χ4v) is 3.80. The molecule has 2 aromatic carbocycles. The predicted molar refractivity (Wildman–Crippen MR) is 106 cm³/mol. The van der Waals surface area contributed by atoms with Crippen molar-refractivity contribution in [1.29, 1.82) is 0 Å². The number of H-pyrrole nitrogens is 1. The number of para-hydroxylation sites is 1. The minimum Gasteiger partial charge on any atom is -0.420 e. The van der Waals surface area contributed by atoms with Gasteiger partial charge in [-0.3, -0.25) is 4.79 Å². The average molecular weight is 390 g/mol. The lowest BCUT2D eigenvalue weighted by molar-refractivity contribution is 0.0701. The first-order chi connectivity index (χ1) is 14.2. The summed E-state index contributed by atoms with van der Waals surface area (Å²) in [5, 5.41) is 9.30. The van der Waals surface area contributed by atoms with Crippen LogP contribution in [0.15, 0.2) is 59.0 Å². The molecular weight excluding hydrogens is 371 g/mol. The summed E-state index contributed by atoms with van der Waals surface area (Å²) < 4.78 is 18.9. The zero-order chi connectivity index (χ0) is 19.8. The first kappa shape index (κ1) is 17.6. The molecule has 1 N–H and O–H groups in total. The molecule has 3 heterocycles. The minimum absolute atomic E-state index is 0.0113. The molecule has 1 aliphatic heterocycles. The van der Waals surface area contributed by atoms with E-state index in [4.69, 9.17) is 4.42 Å². The molecule has 0 radical (unpaired) electrons. The summed E-state index contributed by atoms with van der Waals surface area (Å²) in [6.45, 7) is 1.26. The highest BCUT2D eigenvalue weighted by molar-refractivity contribution is 5.98. The van der Waals surface area contributed by atoms with Crippen LogP contribution in [-0.4, -0.2) is 39.1 Å². The second kappa shape index (κ2) is 7.16. The molecule has 2 aromatic heterocycles. The number of fused-ring (bicyclic) bond motifs is 1. The van der Waals surface area contributed by atoms with Crippen LogP contribution in [0.2, 0.25) is 0 Å². The Labute approximate surface area is 166 Å². The van der Waals surface area contributed by atoms with Crippen LogP contribution in [0.25, 0.3) is 22.4 Å². The lowest BCUT2D eigenvalue weighted by Crippen LogP contribution is -2.38. The lowest BCUT2D eigenvalue weighted by atomic mass is 9.96. The van der Waals surface area contributed by atoms with Crippen LogP contribution in [0.3, 0.4) is 0 Å². The van der Waals surface area contributed by atoms with Gasteiger partial charge in [-0.2, -0.15) is 0 Å². The number of carbonyl (C=O) groups excluding carboxylic acids is 1. The maximum atomic E-state index is 13.1. The molecule has 146 valence electrons. The van der Waals surface area contributed by atoms with E-state index >= 15 is 0 Å². The van der Waals surface area contributed by atoms with Gasteiger partial charge >= 0.3 is 0 Å². The summed E-state index contributed by atoms with van der Waals surface area (Å²) in [6, 6.07) is 15.7. The second-order valence-electron chi connectivity index (χ2n) is 7.29. The van der Waals surface area contributed by atoms with Crippen molar-refractivity contribution in [2.45, 2.75) is 18.8 Å². The van der Waals surface area contributed by atoms with Crippen molar-refractivity contribution >= 4 is 16.8 Å². The standard InChI is InChI=1S/C22H19FN4O2/c23-17-7-5-14(6-8-17)20-25-26-21(29-20)15-9-11-27(12-10-15)22(28)19-13-16-3-1-2-4-18(16)24-19/h1-8,13,15,24H,9-12H2. The van der Waals surface area contributed by atoms with Gasteiger partial charge in [0.1, 0.15) is 11.5 Å². The van der Waals surface area contributed by atoms with Gasteiger partial charge in [0.15, 0.2) is 0 Å². The molecule has 0 saturated carbocycles. The SMILES string of the molecule is O=C(c1cc2ccccc2[nH]1)N1CCC(c2nnc(-c3ccc(F)cc3)o2)CC1. The van der Waals surface area contributed by atoms with E-state index < -0.39 is 0 Å². The Morgan fingerprint density at radius 2 is 1.83 bits per heavy atom. The molecule has 1 fully saturated rings. The lowest BCUT2D eigenvalue weighted by Gasteiger charge is -2.30. The predicted octanol–water partition coefficient (Wildman–Crippen LogP) is 4.38. The van der Waals surface area contributed by atoms with E-state index in [1.807, 2.05) is 35.2 Å². The molecule has 1 aliphatic rings. The molecule has 4 aromatic rings. The molecule has 0 aliphatic carbocycles. The van der Waals surface area contributed by atoms with E-state index in [0.29, 0.717) is 36.1 Å². The monoisotopic (exact) mass is 390 g/mol. The maximum Gasteiger partial charge on any atom is 0.270 e. The first-order valence-electron chi connectivity index (χ1n) is 9.64. The van der Waals surface area contributed by atoms with Gasteiger partial charge in [-0.25, -0.2) is 4.39 Å². The fourth-order valence-electron chi connectivity index (χ4n) is 3.80. The molecule has 0 bridgehead atoms. The quantitative estimate of drug-likeness (QED) is 0.563. The van der Waals surface area contributed by atoms with Gasteiger partial charge in [-0.05, 0) is 49.2 Å². The van der Waals surface area contributed by atoms with E-state index in [1.54, 1.807) is 12.1 Å². The molecule has 5 rings (SSSR count). The van der Waals surface area contributed by atoms with Crippen LogP contribution in [0.4, 0.5) is 4.39 Å². The molecule has 0 spiro atoms. The maximum absolute atomic E-state index is 13.1. The van der Waals surface area contributed by atoms with Crippen molar-refractivity contribution in [3.63, 3.8) is 0 Å². The third-order valence-electron chi connectivity index (χ3n) is 5.42. The third-order valence-corrected chi connectivity index (χ3v) is 5.42. The Morgan fingerprint density at radius 3 is 2.59 bits per heavy atom. The number of likely N-dealkylation sites (tertiary alicyclic amines) is 1. The van der Waals surface area contributed by atoms with Gasteiger partial charge in [-0.15, -0.1) is 10.2 Å².